The predicted molar refractivity (Wildman–Crippen MR) is 49.7 cm³/mol. The van der Waals surface area contributed by atoms with Crippen LogP contribution in [0, 0.1) is 0 Å². The molecule has 0 bridgehead atoms. The van der Waals surface area contributed by atoms with Gasteiger partial charge in [-0.1, -0.05) is 0 Å². The van der Waals surface area contributed by atoms with Gasteiger partial charge in [-0.05, 0) is 13.8 Å². The van der Waals surface area contributed by atoms with Crippen LogP contribution in [0.5, 0.6) is 0 Å². The largest absolute Gasteiger partial charge is 0.467 e. The van der Waals surface area contributed by atoms with Crippen LogP contribution < -0.4 is 0 Å². The van der Waals surface area contributed by atoms with E-state index in [1.165, 1.54) is 12.2 Å². The standard InChI is InChI=1S/C9H15NO5/c1-4-14-8(12)9(7(11)13-3)6-10(9)15-5-2/h4-6H2,1-3H3. The maximum absolute atomic E-state index is 11.6. The molecule has 0 aromatic rings. The SMILES string of the molecule is CCOC(=O)C1(C(=O)OC)CN1OCC. The molecule has 86 valence electrons. The molecule has 1 fully saturated rings. The summed E-state index contributed by atoms with van der Waals surface area (Å²) >= 11 is 0. The summed E-state index contributed by atoms with van der Waals surface area (Å²) in [5.41, 5.74) is -1.37. The van der Waals surface area contributed by atoms with Gasteiger partial charge in [0.05, 0.1) is 26.9 Å². The molecule has 0 N–H and O–H groups in total. The molecule has 15 heavy (non-hydrogen) atoms. The quantitative estimate of drug-likeness (QED) is 0.359. The summed E-state index contributed by atoms with van der Waals surface area (Å²) in [5.74, 6) is -1.26. The number of hydroxylamine groups is 2. The molecule has 6 nitrogen and oxygen atoms in total. The van der Waals surface area contributed by atoms with Crippen LogP contribution >= 0.6 is 0 Å². The van der Waals surface area contributed by atoms with Gasteiger partial charge in [0.25, 0.3) is 5.54 Å². The van der Waals surface area contributed by atoms with Crippen molar-refractivity contribution in [1.82, 2.24) is 5.06 Å². The second kappa shape index (κ2) is 4.59. The summed E-state index contributed by atoms with van der Waals surface area (Å²) in [5, 5.41) is 1.27. The molecule has 1 aliphatic rings. The summed E-state index contributed by atoms with van der Waals surface area (Å²) in [4.78, 5) is 28.1. The van der Waals surface area contributed by atoms with E-state index in [4.69, 9.17) is 9.57 Å². The van der Waals surface area contributed by atoms with Gasteiger partial charge in [0.1, 0.15) is 0 Å². The first-order valence-corrected chi connectivity index (χ1v) is 4.79. The van der Waals surface area contributed by atoms with Crippen molar-refractivity contribution < 1.29 is 23.9 Å². The predicted octanol–water partition coefficient (Wildman–Crippen LogP) is -0.272. The lowest BCUT2D eigenvalue weighted by Gasteiger charge is -2.13. The highest BCUT2D eigenvalue weighted by atomic mass is 16.7. The fraction of sp³-hybridized carbons (Fsp3) is 0.778. The molecule has 0 spiro atoms. The first kappa shape index (κ1) is 11.9. The summed E-state index contributed by atoms with van der Waals surface area (Å²) < 4.78 is 9.37. The summed E-state index contributed by atoms with van der Waals surface area (Å²) in [6.07, 6.45) is 0. The second-order valence-electron chi connectivity index (χ2n) is 3.03. The average molecular weight is 217 g/mol. The molecule has 0 aromatic carbocycles. The molecule has 2 atom stereocenters. The van der Waals surface area contributed by atoms with Gasteiger partial charge in [0.2, 0.25) is 0 Å². The van der Waals surface area contributed by atoms with Gasteiger partial charge in [0.15, 0.2) is 0 Å². The number of carbonyl (C=O) groups is 2. The van der Waals surface area contributed by atoms with Crippen LogP contribution in [0.4, 0.5) is 0 Å². The molecule has 1 aliphatic heterocycles. The summed E-state index contributed by atoms with van der Waals surface area (Å²) in [6, 6.07) is 0. The fourth-order valence-electron chi connectivity index (χ4n) is 1.32. The van der Waals surface area contributed by atoms with E-state index in [1.54, 1.807) is 13.8 Å². The minimum atomic E-state index is -1.37. The Labute approximate surface area is 88.0 Å². The molecular formula is C9H15NO5. The number of esters is 2. The zero-order valence-electron chi connectivity index (χ0n) is 9.11. The molecule has 6 heteroatoms. The third kappa shape index (κ3) is 1.95. The van der Waals surface area contributed by atoms with E-state index in [2.05, 4.69) is 4.74 Å². The first-order chi connectivity index (χ1) is 7.13. The van der Waals surface area contributed by atoms with Crippen molar-refractivity contribution in [2.24, 2.45) is 0 Å². The zero-order valence-corrected chi connectivity index (χ0v) is 9.11. The van der Waals surface area contributed by atoms with Crippen molar-refractivity contribution in [2.45, 2.75) is 19.4 Å². The van der Waals surface area contributed by atoms with Crippen molar-refractivity contribution >= 4 is 11.9 Å². The van der Waals surface area contributed by atoms with Crippen molar-refractivity contribution in [3.8, 4) is 0 Å². The van der Waals surface area contributed by atoms with E-state index in [0.717, 1.165) is 0 Å². The number of ether oxygens (including phenoxy) is 2. The Balaban J connectivity index is 2.73. The van der Waals surface area contributed by atoms with Gasteiger partial charge in [-0.2, -0.15) is 5.06 Å². The molecule has 0 aliphatic carbocycles. The molecule has 1 saturated heterocycles. The van der Waals surface area contributed by atoms with Crippen molar-refractivity contribution in [1.29, 1.82) is 0 Å². The average Bonchev–Trinajstić information content (AvgIpc) is 2.93. The summed E-state index contributed by atoms with van der Waals surface area (Å²) in [7, 11) is 1.23. The number of hydrogen-bond acceptors (Lipinski definition) is 6. The van der Waals surface area contributed by atoms with E-state index in [1.807, 2.05) is 0 Å². The van der Waals surface area contributed by atoms with Gasteiger partial charge in [-0.3, -0.25) is 4.84 Å². The van der Waals surface area contributed by atoms with Crippen LogP contribution in [0.3, 0.4) is 0 Å². The van der Waals surface area contributed by atoms with E-state index in [9.17, 15) is 9.59 Å². The normalized spacial score (nSPS) is 28.3. The number of carbonyl (C=O) groups excluding carboxylic acids is 2. The lowest BCUT2D eigenvalue weighted by molar-refractivity contribution is -0.171. The van der Waals surface area contributed by atoms with E-state index in [0.29, 0.717) is 6.61 Å². The first-order valence-electron chi connectivity index (χ1n) is 4.79. The summed E-state index contributed by atoms with van der Waals surface area (Å²) in [6.45, 7) is 4.24. The monoisotopic (exact) mass is 217 g/mol. The second-order valence-corrected chi connectivity index (χ2v) is 3.03. The zero-order chi connectivity index (χ0) is 11.5. The van der Waals surface area contributed by atoms with Crippen LogP contribution in [0.2, 0.25) is 0 Å². The fourth-order valence-corrected chi connectivity index (χ4v) is 1.32. The highest BCUT2D eigenvalue weighted by molar-refractivity contribution is 6.08. The van der Waals surface area contributed by atoms with Gasteiger partial charge >= 0.3 is 11.9 Å². The lowest BCUT2D eigenvalue weighted by atomic mass is 10.1. The molecule has 0 aromatic heterocycles. The number of rotatable bonds is 5. The Hall–Kier alpha value is -1.14. The number of hydrogen-bond donors (Lipinski definition) is 0. The Morgan fingerprint density at radius 1 is 1.27 bits per heavy atom. The third-order valence-electron chi connectivity index (χ3n) is 2.12. The van der Waals surface area contributed by atoms with Crippen molar-refractivity contribution in [3.05, 3.63) is 0 Å². The van der Waals surface area contributed by atoms with Crippen molar-refractivity contribution in [2.75, 3.05) is 26.9 Å². The molecule has 0 amide bonds. The minimum absolute atomic E-state index is 0.187. The minimum Gasteiger partial charge on any atom is -0.467 e. The Bertz CT molecular complexity index is 267. The molecule has 0 saturated carbocycles. The Kier molecular flexibility index (Phi) is 3.65. The Morgan fingerprint density at radius 2 is 1.93 bits per heavy atom. The van der Waals surface area contributed by atoms with Crippen LogP contribution in [0.15, 0.2) is 0 Å². The van der Waals surface area contributed by atoms with Gasteiger partial charge in [-0.15, -0.1) is 0 Å². The van der Waals surface area contributed by atoms with Crippen LogP contribution in [0.25, 0.3) is 0 Å². The maximum Gasteiger partial charge on any atom is 0.342 e. The highest BCUT2D eigenvalue weighted by Gasteiger charge is 2.68. The maximum atomic E-state index is 11.6. The van der Waals surface area contributed by atoms with E-state index < -0.39 is 17.5 Å². The van der Waals surface area contributed by atoms with Crippen LogP contribution in [-0.2, 0) is 23.9 Å². The van der Waals surface area contributed by atoms with E-state index >= 15 is 0 Å². The number of nitrogens with zero attached hydrogens (tertiary/aromatic N) is 1. The molecule has 0 radical (unpaired) electrons. The van der Waals surface area contributed by atoms with Crippen LogP contribution in [-0.4, -0.2) is 49.4 Å². The highest BCUT2D eigenvalue weighted by Crippen LogP contribution is 2.35. The molecule has 2 unspecified atom stereocenters. The van der Waals surface area contributed by atoms with Crippen LogP contribution in [0.1, 0.15) is 13.8 Å². The molecule has 1 heterocycles. The smallest absolute Gasteiger partial charge is 0.342 e. The third-order valence-corrected chi connectivity index (χ3v) is 2.12. The van der Waals surface area contributed by atoms with Gasteiger partial charge in [0, 0.05) is 0 Å². The van der Waals surface area contributed by atoms with Gasteiger partial charge < -0.3 is 9.47 Å². The molecular weight excluding hydrogens is 202 g/mol. The Morgan fingerprint density at radius 3 is 2.40 bits per heavy atom. The molecule has 1 rings (SSSR count). The topological polar surface area (TPSA) is 64.8 Å². The van der Waals surface area contributed by atoms with Crippen molar-refractivity contribution in [3.63, 3.8) is 0 Å². The van der Waals surface area contributed by atoms with Gasteiger partial charge in [-0.25, -0.2) is 9.59 Å². The number of methoxy groups -OCH3 is 1. The van der Waals surface area contributed by atoms with E-state index in [-0.39, 0.29) is 13.2 Å². The lowest BCUT2D eigenvalue weighted by Crippen LogP contribution is -2.41.